The number of hydrogen-bond acceptors (Lipinski definition) is 4. The van der Waals surface area contributed by atoms with Crippen LogP contribution in [0, 0.1) is 17.2 Å². The lowest BCUT2D eigenvalue weighted by molar-refractivity contribution is -0.130. The van der Waals surface area contributed by atoms with E-state index in [-0.39, 0.29) is 23.8 Å². The topological polar surface area (TPSA) is 85.2 Å². The van der Waals surface area contributed by atoms with Crippen molar-refractivity contribution in [3.05, 3.63) is 28.8 Å². The Labute approximate surface area is 177 Å². The Morgan fingerprint density at radius 2 is 1.97 bits per heavy atom. The summed E-state index contributed by atoms with van der Waals surface area (Å²) in [7, 11) is 0. The third-order valence-corrected chi connectivity index (χ3v) is 6.37. The van der Waals surface area contributed by atoms with Gasteiger partial charge in [-0.15, -0.1) is 0 Å². The zero-order chi connectivity index (χ0) is 20.8. The predicted molar refractivity (Wildman–Crippen MR) is 114 cm³/mol. The molecule has 1 saturated heterocycles. The number of nitrogens with zero attached hydrogens (tertiary/aromatic N) is 2. The third-order valence-electron chi connectivity index (χ3n) is 6.06. The SMILES string of the molecule is CC(C(=O)Nc1ccc(C#N)c(Cl)c1)N1CCCC(C(=O)NC2CCCCC2)C1. The molecular formula is C22H29ClN4O2. The Morgan fingerprint density at radius 3 is 2.66 bits per heavy atom. The van der Waals surface area contributed by atoms with Crippen molar-refractivity contribution in [1.82, 2.24) is 10.2 Å². The second kappa shape index (κ2) is 10.1. The quantitative estimate of drug-likeness (QED) is 0.766. The van der Waals surface area contributed by atoms with Gasteiger partial charge < -0.3 is 10.6 Å². The monoisotopic (exact) mass is 416 g/mol. The van der Waals surface area contributed by atoms with E-state index in [4.69, 9.17) is 16.9 Å². The van der Waals surface area contributed by atoms with Gasteiger partial charge in [0.05, 0.1) is 22.5 Å². The highest BCUT2D eigenvalue weighted by atomic mass is 35.5. The first-order chi connectivity index (χ1) is 14.0. The van der Waals surface area contributed by atoms with Crippen LogP contribution < -0.4 is 10.6 Å². The Kier molecular flexibility index (Phi) is 7.51. The molecule has 7 heteroatoms. The fourth-order valence-corrected chi connectivity index (χ4v) is 4.46. The standard InChI is InChI=1S/C22H29ClN4O2/c1-15(21(28)26-19-10-9-16(13-24)20(23)12-19)27-11-5-6-17(14-27)22(29)25-18-7-3-2-4-8-18/h9-10,12,15,17-18H,2-8,11,14H2,1H3,(H,25,29)(H,26,28). The van der Waals surface area contributed by atoms with Gasteiger partial charge >= 0.3 is 0 Å². The predicted octanol–water partition coefficient (Wildman–Crippen LogP) is 3.70. The van der Waals surface area contributed by atoms with Crippen LogP contribution in [0.15, 0.2) is 18.2 Å². The van der Waals surface area contributed by atoms with E-state index in [9.17, 15) is 9.59 Å². The van der Waals surface area contributed by atoms with Crippen LogP contribution in [0.4, 0.5) is 5.69 Å². The number of rotatable bonds is 5. The summed E-state index contributed by atoms with van der Waals surface area (Å²) in [6.45, 7) is 3.26. The van der Waals surface area contributed by atoms with Crippen LogP contribution in [0.2, 0.25) is 5.02 Å². The maximum atomic E-state index is 12.7. The van der Waals surface area contributed by atoms with Gasteiger partial charge in [-0.05, 0) is 57.4 Å². The fraction of sp³-hybridized carbons (Fsp3) is 0.591. The highest BCUT2D eigenvalue weighted by Gasteiger charge is 2.31. The smallest absolute Gasteiger partial charge is 0.241 e. The lowest BCUT2D eigenvalue weighted by atomic mass is 9.92. The Balaban J connectivity index is 1.54. The summed E-state index contributed by atoms with van der Waals surface area (Å²) in [6, 6.07) is 6.81. The number of amides is 2. The van der Waals surface area contributed by atoms with Crippen molar-refractivity contribution in [2.45, 2.75) is 64.0 Å². The zero-order valence-corrected chi connectivity index (χ0v) is 17.7. The molecule has 0 aromatic heterocycles. The average molecular weight is 417 g/mol. The van der Waals surface area contributed by atoms with Crippen molar-refractivity contribution in [3.8, 4) is 6.07 Å². The summed E-state index contributed by atoms with van der Waals surface area (Å²) in [5, 5.41) is 15.4. The van der Waals surface area contributed by atoms with Gasteiger partial charge in [-0.2, -0.15) is 5.26 Å². The van der Waals surface area contributed by atoms with Crippen LogP contribution >= 0.6 is 11.6 Å². The first kappa shape index (κ1) is 21.6. The van der Waals surface area contributed by atoms with Gasteiger partial charge in [0, 0.05) is 18.3 Å². The molecule has 3 rings (SSSR count). The van der Waals surface area contributed by atoms with Crippen LogP contribution in [0.5, 0.6) is 0 Å². The second-order valence-corrected chi connectivity index (χ2v) is 8.56. The van der Waals surface area contributed by atoms with Crippen molar-refractivity contribution < 1.29 is 9.59 Å². The van der Waals surface area contributed by atoms with Gasteiger partial charge in [0.15, 0.2) is 0 Å². The van der Waals surface area contributed by atoms with E-state index < -0.39 is 0 Å². The Morgan fingerprint density at radius 1 is 1.21 bits per heavy atom. The number of nitriles is 1. The molecule has 2 unspecified atom stereocenters. The van der Waals surface area contributed by atoms with Crippen molar-refractivity contribution in [2.24, 2.45) is 5.92 Å². The molecule has 0 spiro atoms. The molecule has 1 aliphatic carbocycles. The molecule has 2 fully saturated rings. The summed E-state index contributed by atoms with van der Waals surface area (Å²) in [5.41, 5.74) is 0.940. The number of piperidine rings is 1. The van der Waals surface area contributed by atoms with Gasteiger partial charge in [-0.25, -0.2) is 0 Å². The Bertz CT molecular complexity index is 786. The number of halogens is 1. The number of carbonyl (C=O) groups is 2. The molecule has 1 aliphatic heterocycles. The first-order valence-corrected chi connectivity index (χ1v) is 10.9. The fourth-order valence-electron chi connectivity index (χ4n) is 4.23. The van der Waals surface area contributed by atoms with E-state index in [1.54, 1.807) is 18.2 Å². The molecule has 156 valence electrons. The third kappa shape index (κ3) is 5.71. The van der Waals surface area contributed by atoms with E-state index >= 15 is 0 Å². The maximum Gasteiger partial charge on any atom is 0.241 e. The molecule has 1 aromatic carbocycles. The lowest BCUT2D eigenvalue weighted by Crippen LogP contribution is -2.51. The number of likely N-dealkylation sites (tertiary alicyclic amines) is 1. The van der Waals surface area contributed by atoms with Crippen LogP contribution in [0.3, 0.4) is 0 Å². The van der Waals surface area contributed by atoms with Crippen molar-refractivity contribution in [1.29, 1.82) is 5.26 Å². The van der Waals surface area contributed by atoms with Gasteiger partial charge in [0.1, 0.15) is 6.07 Å². The number of benzene rings is 1. The largest absolute Gasteiger partial charge is 0.353 e. The van der Waals surface area contributed by atoms with Gasteiger partial charge in [0.25, 0.3) is 0 Å². The average Bonchev–Trinajstić information content (AvgIpc) is 2.74. The van der Waals surface area contributed by atoms with Crippen molar-refractivity contribution in [2.75, 3.05) is 18.4 Å². The molecule has 1 aromatic rings. The molecule has 2 atom stereocenters. The molecule has 2 N–H and O–H groups in total. The molecule has 2 amide bonds. The number of carbonyl (C=O) groups excluding carboxylic acids is 2. The van der Waals surface area contributed by atoms with Crippen LogP contribution in [-0.2, 0) is 9.59 Å². The number of nitrogens with one attached hydrogen (secondary N) is 2. The molecule has 0 bridgehead atoms. The molecular weight excluding hydrogens is 388 g/mol. The first-order valence-electron chi connectivity index (χ1n) is 10.5. The van der Waals surface area contributed by atoms with Gasteiger partial charge in [0.2, 0.25) is 11.8 Å². The molecule has 2 aliphatic rings. The molecule has 1 saturated carbocycles. The minimum Gasteiger partial charge on any atom is -0.353 e. The van der Waals surface area contributed by atoms with Gasteiger partial charge in [-0.3, -0.25) is 14.5 Å². The van der Waals surface area contributed by atoms with E-state index in [0.29, 0.717) is 28.9 Å². The summed E-state index contributed by atoms with van der Waals surface area (Å²) >= 11 is 6.05. The molecule has 1 heterocycles. The summed E-state index contributed by atoms with van der Waals surface area (Å²) in [4.78, 5) is 27.5. The molecule has 0 radical (unpaired) electrons. The molecule has 6 nitrogen and oxygen atoms in total. The molecule has 29 heavy (non-hydrogen) atoms. The van der Waals surface area contributed by atoms with E-state index in [2.05, 4.69) is 15.5 Å². The van der Waals surface area contributed by atoms with Crippen LogP contribution in [0.25, 0.3) is 0 Å². The Hall–Kier alpha value is -2.10. The summed E-state index contributed by atoms with van der Waals surface area (Å²) in [6.07, 6.45) is 7.58. The number of anilines is 1. The van der Waals surface area contributed by atoms with Crippen molar-refractivity contribution >= 4 is 29.1 Å². The minimum atomic E-state index is -0.352. The lowest BCUT2D eigenvalue weighted by Gasteiger charge is -2.36. The van der Waals surface area contributed by atoms with E-state index in [1.165, 1.54) is 19.3 Å². The van der Waals surface area contributed by atoms with Crippen LogP contribution in [0.1, 0.15) is 57.4 Å². The normalized spacial score (nSPS) is 21.8. The van der Waals surface area contributed by atoms with Gasteiger partial charge in [-0.1, -0.05) is 30.9 Å². The zero-order valence-electron chi connectivity index (χ0n) is 16.9. The van der Waals surface area contributed by atoms with Crippen molar-refractivity contribution in [3.63, 3.8) is 0 Å². The highest BCUT2D eigenvalue weighted by molar-refractivity contribution is 6.32. The number of hydrogen-bond donors (Lipinski definition) is 2. The van der Waals surface area contributed by atoms with E-state index in [0.717, 1.165) is 32.2 Å². The minimum absolute atomic E-state index is 0.0646. The van der Waals surface area contributed by atoms with Crippen LogP contribution in [-0.4, -0.2) is 41.9 Å². The highest BCUT2D eigenvalue weighted by Crippen LogP contribution is 2.23. The maximum absolute atomic E-state index is 12.7. The second-order valence-electron chi connectivity index (χ2n) is 8.15. The van der Waals surface area contributed by atoms with E-state index in [1.807, 2.05) is 13.0 Å². The summed E-state index contributed by atoms with van der Waals surface area (Å²) < 4.78 is 0. The summed E-state index contributed by atoms with van der Waals surface area (Å²) in [5.74, 6) is -0.0718.